The summed E-state index contributed by atoms with van der Waals surface area (Å²) in [5, 5.41) is 3.28. The van der Waals surface area contributed by atoms with Crippen LogP contribution in [-0.4, -0.2) is 69.7 Å². The molecule has 0 aliphatic carbocycles. The molecule has 10 heteroatoms. The number of sulfonamides is 1. The second kappa shape index (κ2) is 12.0. The van der Waals surface area contributed by atoms with Gasteiger partial charge in [-0.2, -0.15) is 4.31 Å². The fraction of sp³-hybridized carbons (Fsp3) is 0.458. The lowest BCUT2D eigenvalue weighted by Crippen LogP contribution is -2.55. The number of hydrogen-bond acceptors (Lipinski definition) is 6. The number of rotatable bonds is 7. The van der Waals surface area contributed by atoms with E-state index in [2.05, 4.69) is 5.32 Å². The van der Waals surface area contributed by atoms with Crippen molar-refractivity contribution in [2.75, 3.05) is 39.9 Å². The monoisotopic (exact) mass is 509 g/mol. The van der Waals surface area contributed by atoms with Gasteiger partial charge in [-0.25, -0.2) is 8.42 Å². The molecule has 2 fully saturated rings. The van der Waals surface area contributed by atoms with E-state index in [1.165, 1.54) is 23.5 Å². The number of carbonyl (C=O) groups excluding carboxylic acids is 1. The van der Waals surface area contributed by atoms with Gasteiger partial charge >= 0.3 is 0 Å². The second-order valence-electron chi connectivity index (χ2n) is 8.35. The zero-order valence-corrected chi connectivity index (χ0v) is 20.9. The summed E-state index contributed by atoms with van der Waals surface area (Å²) in [4.78, 5) is 15.1. The molecule has 1 N–H and O–H groups in total. The van der Waals surface area contributed by atoms with Crippen LogP contribution in [0.3, 0.4) is 0 Å². The SMILES string of the molecule is COc1ccc(S(=O)(=O)N(Cc2ccccc2)C2CN(C(=O)C3CCNCC3)CCO2)cc1.Cl. The van der Waals surface area contributed by atoms with E-state index in [1.807, 2.05) is 30.3 Å². The van der Waals surface area contributed by atoms with Crippen molar-refractivity contribution in [1.82, 2.24) is 14.5 Å². The van der Waals surface area contributed by atoms with E-state index in [4.69, 9.17) is 9.47 Å². The van der Waals surface area contributed by atoms with Gasteiger partial charge in [0.05, 0.1) is 25.2 Å². The van der Waals surface area contributed by atoms with Crippen molar-refractivity contribution in [2.24, 2.45) is 5.92 Å². The normalized spacial score (nSPS) is 19.5. The summed E-state index contributed by atoms with van der Waals surface area (Å²) in [7, 11) is -2.36. The van der Waals surface area contributed by atoms with Gasteiger partial charge in [-0.15, -0.1) is 12.4 Å². The minimum atomic E-state index is -3.89. The average Bonchev–Trinajstić information content (AvgIpc) is 2.88. The molecular formula is C24H32ClN3O5S. The maximum absolute atomic E-state index is 13.7. The minimum Gasteiger partial charge on any atom is -0.497 e. The summed E-state index contributed by atoms with van der Waals surface area (Å²) < 4.78 is 39.9. The predicted molar refractivity (Wildman–Crippen MR) is 131 cm³/mol. The Morgan fingerprint density at radius 1 is 1.12 bits per heavy atom. The number of hydrogen-bond donors (Lipinski definition) is 1. The molecule has 34 heavy (non-hydrogen) atoms. The van der Waals surface area contributed by atoms with E-state index in [9.17, 15) is 13.2 Å². The summed E-state index contributed by atoms with van der Waals surface area (Å²) in [5.74, 6) is 0.647. The highest BCUT2D eigenvalue weighted by Crippen LogP contribution is 2.26. The second-order valence-corrected chi connectivity index (χ2v) is 10.2. The number of nitrogens with one attached hydrogen (secondary N) is 1. The van der Waals surface area contributed by atoms with E-state index in [0.29, 0.717) is 18.9 Å². The number of methoxy groups -OCH3 is 1. The van der Waals surface area contributed by atoms with Crippen LogP contribution in [0.15, 0.2) is 59.5 Å². The molecule has 186 valence electrons. The van der Waals surface area contributed by atoms with Gasteiger partial charge in [0.15, 0.2) is 0 Å². The van der Waals surface area contributed by atoms with Gasteiger partial charge < -0.3 is 19.7 Å². The molecule has 1 amide bonds. The topological polar surface area (TPSA) is 88.2 Å². The Morgan fingerprint density at radius 2 is 1.79 bits per heavy atom. The molecule has 2 aromatic rings. The number of morpholine rings is 1. The molecule has 1 atom stereocenters. The molecule has 0 radical (unpaired) electrons. The van der Waals surface area contributed by atoms with Crippen LogP contribution in [0.25, 0.3) is 0 Å². The highest BCUT2D eigenvalue weighted by molar-refractivity contribution is 7.89. The van der Waals surface area contributed by atoms with Crippen molar-refractivity contribution in [3.63, 3.8) is 0 Å². The van der Waals surface area contributed by atoms with Gasteiger partial charge in [-0.1, -0.05) is 30.3 Å². The quantitative estimate of drug-likeness (QED) is 0.617. The van der Waals surface area contributed by atoms with Crippen LogP contribution >= 0.6 is 12.4 Å². The molecule has 0 bridgehead atoms. The number of amides is 1. The Kier molecular flexibility index (Phi) is 9.32. The Hall–Kier alpha value is -2.17. The summed E-state index contributed by atoms with van der Waals surface area (Å²) >= 11 is 0. The molecule has 0 spiro atoms. The summed E-state index contributed by atoms with van der Waals surface area (Å²) in [6.45, 7) is 2.79. The third kappa shape index (κ3) is 6.09. The molecule has 2 aliphatic heterocycles. The van der Waals surface area contributed by atoms with E-state index >= 15 is 0 Å². The van der Waals surface area contributed by atoms with Crippen molar-refractivity contribution in [3.05, 3.63) is 60.2 Å². The standard InChI is InChI=1S/C24H31N3O5S.ClH/c1-31-21-7-9-22(10-8-21)33(29,30)27(17-19-5-3-2-4-6-19)23-18-26(15-16-32-23)24(28)20-11-13-25-14-12-20;/h2-10,20,23,25H,11-18H2,1H3;1H. The number of nitrogens with zero attached hydrogens (tertiary/aromatic N) is 2. The van der Waals surface area contributed by atoms with Gasteiger partial charge in [-0.05, 0) is 55.8 Å². The van der Waals surface area contributed by atoms with Crippen molar-refractivity contribution >= 4 is 28.3 Å². The van der Waals surface area contributed by atoms with E-state index in [1.54, 1.807) is 17.0 Å². The largest absolute Gasteiger partial charge is 0.497 e. The Morgan fingerprint density at radius 3 is 2.44 bits per heavy atom. The van der Waals surface area contributed by atoms with Crippen molar-refractivity contribution in [2.45, 2.75) is 30.5 Å². The molecule has 2 aliphatic rings. The van der Waals surface area contributed by atoms with Gasteiger partial charge in [0.1, 0.15) is 12.0 Å². The van der Waals surface area contributed by atoms with E-state index in [0.717, 1.165) is 31.5 Å². The van der Waals surface area contributed by atoms with Gasteiger partial charge in [0, 0.05) is 19.0 Å². The van der Waals surface area contributed by atoms with Gasteiger partial charge in [0.25, 0.3) is 0 Å². The lowest BCUT2D eigenvalue weighted by molar-refractivity contribution is -0.149. The summed E-state index contributed by atoms with van der Waals surface area (Å²) in [6.07, 6.45) is 0.842. The molecule has 4 rings (SSSR count). The highest BCUT2D eigenvalue weighted by Gasteiger charge is 2.38. The molecule has 2 heterocycles. The van der Waals surface area contributed by atoms with Gasteiger partial charge in [-0.3, -0.25) is 4.79 Å². The predicted octanol–water partition coefficient (Wildman–Crippen LogP) is 2.49. The van der Waals surface area contributed by atoms with Crippen LogP contribution in [0.2, 0.25) is 0 Å². The molecule has 0 aromatic heterocycles. The Balaban J connectivity index is 0.00000324. The van der Waals surface area contributed by atoms with Crippen molar-refractivity contribution < 1.29 is 22.7 Å². The van der Waals surface area contributed by atoms with Crippen molar-refractivity contribution in [1.29, 1.82) is 0 Å². The van der Waals surface area contributed by atoms with Crippen LogP contribution in [-0.2, 0) is 26.1 Å². The minimum absolute atomic E-state index is 0. The number of halogens is 1. The summed E-state index contributed by atoms with van der Waals surface area (Å²) in [5.41, 5.74) is 0.847. The van der Waals surface area contributed by atoms with Crippen LogP contribution in [0.5, 0.6) is 5.75 Å². The molecule has 2 saturated heterocycles. The highest BCUT2D eigenvalue weighted by atomic mass is 35.5. The smallest absolute Gasteiger partial charge is 0.245 e. The zero-order valence-electron chi connectivity index (χ0n) is 19.3. The van der Waals surface area contributed by atoms with Crippen molar-refractivity contribution in [3.8, 4) is 5.75 Å². The first kappa shape index (κ1) is 26.4. The first-order chi connectivity index (χ1) is 16.0. The van der Waals surface area contributed by atoms with Gasteiger partial charge in [0.2, 0.25) is 15.9 Å². The Labute approximate surface area is 207 Å². The average molecular weight is 510 g/mol. The lowest BCUT2D eigenvalue weighted by atomic mass is 9.96. The lowest BCUT2D eigenvalue weighted by Gasteiger charge is -2.40. The fourth-order valence-corrected chi connectivity index (χ4v) is 5.83. The summed E-state index contributed by atoms with van der Waals surface area (Å²) in [6, 6.07) is 15.7. The van der Waals surface area contributed by atoms with Crippen LogP contribution in [0.4, 0.5) is 0 Å². The molecule has 2 aromatic carbocycles. The molecule has 8 nitrogen and oxygen atoms in total. The maximum atomic E-state index is 13.7. The van der Waals surface area contributed by atoms with Crippen LogP contribution in [0, 0.1) is 5.92 Å². The first-order valence-electron chi connectivity index (χ1n) is 11.3. The fourth-order valence-electron chi connectivity index (χ4n) is 4.32. The molecule has 0 saturated carbocycles. The molecular weight excluding hydrogens is 478 g/mol. The number of benzene rings is 2. The number of carbonyl (C=O) groups is 1. The third-order valence-corrected chi connectivity index (χ3v) is 8.07. The number of piperidine rings is 1. The maximum Gasteiger partial charge on any atom is 0.245 e. The van der Waals surface area contributed by atoms with Crippen LogP contribution < -0.4 is 10.1 Å². The van der Waals surface area contributed by atoms with E-state index < -0.39 is 16.3 Å². The zero-order chi connectivity index (χ0) is 23.3. The van der Waals surface area contributed by atoms with Crippen LogP contribution in [0.1, 0.15) is 18.4 Å². The third-order valence-electron chi connectivity index (χ3n) is 6.22. The number of ether oxygens (including phenoxy) is 2. The van der Waals surface area contributed by atoms with E-state index in [-0.39, 0.29) is 42.2 Å². The Bertz CT molecular complexity index is 1030. The first-order valence-corrected chi connectivity index (χ1v) is 12.7. The molecule has 1 unspecified atom stereocenters.